The second kappa shape index (κ2) is 5.92. The van der Waals surface area contributed by atoms with Gasteiger partial charge in [0.2, 0.25) is 5.91 Å². The SMILES string of the molecule is NC(=O)CC[C@H](NCc1ccco1)C(=O)O. The van der Waals surface area contributed by atoms with Crippen LogP contribution in [0.4, 0.5) is 0 Å². The molecule has 1 amide bonds. The second-order valence-corrected chi connectivity index (χ2v) is 3.36. The lowest BCUT2D eigenvalue weighted by Gasteiger charge is -2.12. The number of carbonyl (C=O) groups is 2. The molecule has 4 N–H and O–H groups in total. The summed E-state index contributed by atoms with van der Waals surface area (Å²) < 4.78 is 5.04. The van der Waals surface area contributed by atoms with Crippen LogP contribution >= 0.6 is 0 Å². The Morgan fingerprint density at radius 2 is 2.31 bits per heavy atom. The van der Waals surface area contributed by atoms with E-state index in [2.05, 4.69) is 5.32 Å². The minimum atomic E-state index is -1.01. The van der Waals surface area contributed by atoms with Crippen LogP contribution in [0.1, 0.15) is 18.6 Å². The first-order valence-electron chi connectivity index (χ1n) is 4.86. The van der Waals surface area contributed by atoms with E-state index in [1.54, 1.807) is 12.1 Å². The first kappa shape index (κ1) is 12.3. The Bertz CT molecular complexity index is 348. The minimum Gasteiger partial charge on any atom is -0.480 e. The monoisotopic (exact) mass is 226 g/mol. The molecule has 1 rings (SSSR count). The molecule has 1 heterocycles. The molecule has 0 saturated carbocycles. The van der Waals surface area contributed by atoms with E-state index in [0.717, 1.165) is 0 Å². The van der Waals surface area contributed by atoms with Gasteiger partial charge in [-0.3, -0.25) is 14.9 Å². The smallest absolute Gasteiger partial charge is 0.320 e. The van der Waals surface area contributed by atoms with Crippen LogP contribution in [0.15, 0.2) is 22.8 Å². The Morgan fingerprint density at radius 3 is 2.81 bits per heavy atom. The number of aliphatic carboxylic acids is 1. The molecule has 0 aliphatic rings. The van der Waals surface area contributed by atoms with Crippen molar-refractivity contribution in [2.45, 2.75) is 25.4 Å². The topological polar surface area (TPSA) is 106 Å². The zero-order valence-corrected chi connectivity index (χ0v) is 8.68. The zero-order chi connectivity index (χ0) is 12.0. The lowest BCUT2D eigenvalue weighted by atomic mass is 10.1. The summed E-state index contributed by atoms with van der Waals surface area (Å²) in [5.41, 5.74) is 4.95. The largest absolute Gasteiger partial charge is 0.480 e. The maximum atomic E-state index is 10.8. The van der Waals surface area contributed by atoms with Crippen LogP contribution in [-0.4, -0.2) is 23.0 Å². The maximum absolute atomic E-state index is 10.8. The van der Waals surface area contributed by atoms with E-state index in [0.29, 0.717) is 12.3 Å². The fourth-order valence-electron chi connectivity index (χ4n) is 1.24. The van der Waals surface area contributed by atoms with Crippen molar-refractivity contribution in [3.8, 4) is 0 Å². The summed E-state index contributed by atoms with van der Waals surface area (Å²) in [6.07, 6.45) is 1.73. The van der Waals surface area contributed by atoms with E-state index in [-0.39, 0.29) is 12.8 Å². The van der Waals surface area contributed by atoms with Crippen molar-refractivity contribution in [2.24, 2.45) is 5.73 Å². The number of primary amides is 1. The van der Waals surface area contributed by atoms with Gasteiger partial charge in [-0.15, -0.1) is 0 Å². The molecule has 0 bridgehead atoms. The van der Waals surface area contributed by atoms with Gasteiger partial charge in [0.25, 0.3) is 0 Å². The molecule has 16 heavy (non-hydrogen) atoms. The highest BCUT2D eigenvalue weighted by molar-refractivity contribution is 5.77. The molecule has 0 aromatic carbocycles. The summed E-state index contributed by atoms with van der Waals surface area (Å²) in [5.74, 6) is -0.871. The molecule has 1 aromatic rings. The van der Waals surface area contributed by atoms with Crippen molar-refractivity contribution in [1.82, 2.24) is 5.32 Å². The van der Waals surface area contributed by atoms with Crippen molar-refractivity contribution in [3.63, 3.8) is 0 Å². The number of nitrogens with one attached hydrogen (secondary N) is 1. The van der Waals surface area contributed by atoms with E-state index in [9.17, 15) is 9.59 Å². The van der Waals surface area contributed by atoms with Crippen LogP contribution in [0.25, 0.3) is 0 Å². The van der Waals surface area contributed by atoms with Crippen molar-refractivity contribution in [1.29, 1.82) is 0 Å². The van der Waals surface area contributed by atoms with Gasteiger partial charge in [0.1, 0.15) is 11.8 Å². The summed E-state index contributed by atoms with van der Waals surface area (Å²) in [5, 5.41) is 11.6. The Hall–Kier alpha value is -1.82. The highest BCUT2D eigenvalue weighted by atomic mass is 16.4. The fraction of sp³-hybridized carbons (Fsp3) is 0.400. The Balaban J connectivity index is 2.39. The molecular formula is C10H14N2O4. The third-order valence-electron chi connectivity index (χ3n) is 2.08. The Morgan fingerprint density at radius 1 is 1.56 bits per heavy atom. The van der Waals surface area contributed by atoms with Gasteiger partial charge >= 0.3 is 5.97 Å². The molecule has 0 aliphatic heterocycles. The summed E-state index contributed by atoms with van der Waals surface area (Å²) in [4.78, 5) is 21.4. The normalized spacial score (nSPS) is 12.2. The van der Waals surface area contributed by atoms with Gasteiger partial charge in [-0.05, 0) is 18.6 Å². The summed E-state index contributed by atoms with van der Waals surface area (Å²) in [6.45, 7) is 0.308. The van der Waals surface area contributed by atoms with Crippen LogP contribution in [-0.2, 0) is 16.1 Å². The Kier molecular flexibility index (Phi) is 4.53. The summed E-state index contributed by atoms with van der Waals surface area (Å²) >= 11 is 0. The van der Waals surface area contributed by atoms with Crippen molar-refractivity contribution >= 4 is 11.9 Å². The molecule has 1 aromatic heterocycles. The summed E-state index contributed by atoms with van der Waals surface area (Å²) in [7, 11) is 0. The third-order valence-corrected chi connectivity index (χ3v) is 2.08. The number of amides is 1. The van der Waals surface area contributed by atoms with Crippen LogP contribution in [0, 0.1) is 0 Å². The van der Waals surface area contributed by atoms with Gasteiger partial charge < -0.3 is 15.3 Å². The Labute approximate surface area is 92.4 Å². The van der Waals surface area contributed by atoms with Crippen LogP contribution < -0.4 is 11.1 Å². The fourth-order valence-corrected chi connectivity index (χ4v) is 1.24. The first-order chi connectivity index (χ1) is 7.59. The first-order valence-corrected chi connectivity index (χ1v) is 4.86. The molecule has 6 heteroatoms. The maximum Gasteiger partial charge on any atom is 0.320 e. The molecule has 1 atom stereocenters. The van der Waals surface area contributed by atoms with Crippen LogP contribution in [0.2, 0.25) is 0 Å². The van der Waals surface area contributed by atoms with Crippen LogP contribution in [0.5, 0.6) is 0 Å². The predicted molar refractivity (Wildman–Crippen MR) is 55.4 cm³/mol. The number of rotatable bonds is 7. The second-order valence-electron chi connectivity index (χ2n) is 3.36. The van der Waals surface area contributed by atoms with Gasteiger partial charge in [-0.25, -0.2) is 0 Å². The molecule has 0 fully saturated rings. The molecule has 6 nitrogen and oxygen atoms in total. The predicted octanol–water partition coefficient (Wildman–Crippen LogP) is 0.0879. The van der Waals surface area contributed by atoms with E-state index in [1.165, 1.54) is 6.26 Å². The van der Waals surface area contributed by atoms with Gasteiger partial charge in [0.15, 0.2) is 0 Å². The molecule has 0 aliphatic carbocycles. The molecular weight excluding hydrogens is 212 g/mol. The number of carboxylic acids is 1. The third kappa shape index (κ3) is 4.14. The van der Waals surface area contributed by atoms with Crippen molar-refractivity contribution < 1.29 is 19.1 Å². The molecule has 0 radical (unpaired) electrons. The minimum absolute atomic E-state index is 0.0438. The lowest BCUT2D eigenvalue weighted by Crippen LogP contribution is -2.37. The van der Waals surface area contributed by atoms with E-state index >= 15 is 0 Å². The molecule has 88 valence electrons. The number of carboxylic acid groups (broad SMARTS) is 1. The van der Waals surface area contributed by atoms with Crippen molar-refractivity contribution in [3.05, 3.63) is 24.2 Å². The number of nitrogens with two attached hydrogens (primary N) is 1. The quantitative estimate of drug-likeness (QED) is 0.611. The van der Waals surface area contributed by atoms with Gasteiger partial charge in [0, 0.05) is 6.42 Å². The van der Waals surface area contributed by atoms with Gasteiger partial charge in [0.05, 0.1) is 12.8 Å². The molecule has 0 saturated heterocycles. The van der Waals surface area contributed by atoms with Crippen molar-refractivity contribution in [2.75, 3.05) is 0 Å². The average Bonchev–Trinajstić information content (AvgIpc) is 2.69. The lowest BCUT2D eigenvalue weighted by molar-refractivity contribution is -0.139. The van der Waals surface area contributed by atoms with E-state index in [4.69, 9.17) is 15.3 Å². The zero-order valence-electron chi connectivity index (χ0n) is 8.68. The number of hydrogen-bond donors (Lipinski definition) is 3. The van der Waals surface area contributed by atoms with Gasteiger partial charge in [-0.1, -0.05) is 0 Å². The van der Waals surface area contributed by atoms with E-state index in [1.807, 2.05) is 0 Å². The standard InChI is InChI=1S/C10H14N2O4/c11-9(13)4-3-8(10(14)15)12-6-7-2-1-5-16-7/h1-2,5,8,12H,3-4,6H2,(H2,11,13)(H,14,15)/t8-/m0/s1. The highest BCUT2D eigenvalue weighted by Gasteiger charge is 2.17. The average molecular weight is 226 g/mol. The van der Waals surface area contributed by atoms with E-state index < -0.39 is 17.9 Å². The molecule has 0 spiro atoms. The van der Waals surface area contributed by atoms with Crippen LogP contribution in [0.3, 0.4) is 0 Å². The number of furan rings is 1. The van der Waals surface area contributed by atoms with Gasteiger partial charge in [-0.2, -0.15) is 0 Å². The number of carbonyl (C=O) groups excluding carboxylic acids is 1. The molecule has 0 unspecified atom stereocenters. The highest BCUT2D eigenvalue weighted by Crippen LogP contribution is 2.02. The summed E-state index contributed by atoms with van der Waals surface area (Å²) in [6, 6.07) is 2.66. The number of hydrogen-bond acceptors (Lipinski definition) is 4.